The number of hydrogen-bond acceptors (Lipinski definition) is 3. The summed E-state index contributed by atoms with van der Waals surface area (Å²) in [7, 11) is 0. The fourth-order valence-electron chi connectivity index (χ4n) is 2.66. The van der Waals surface area contributed by atoms with Crippen LogP contribution in [0.5, 0.6) is 0 Å². The highest BCUT2D eigenvalue weighted by Crippen LogP contribution is 2.25. The Morgan fingerprint density at radius 3 is 2.56 bits per heavy atom. The lowest BCUT2D eigenvalue weighted by Gasteiger charge is -2.07. The second-order valence-corrected chi connectivity index (χ2v) is 7.26. The lowest BCUT2D eigenvalue weighted by molar-refractivity contribution is -0.116. The van der Waals surface area contributed by atoms with Crippen molar-refractivity contribution in [2.24, 2.45) is 0 Å². The maximum absolute atomic E-state index is 12.5. The number of carbonyl (C=O) groups is 1. The van der Waals surface area contributed by atoms with Crippen molar-refractivity contribution >= 4 is 47.0 Å². The van der Waals surface area contributed by atoms with Crippen molar-refractivity contribution in [2.45, 2.75) is 26.9 Å². The van der Waals surface area contributed by atoms with Gasteiger partial charge in [0.2, 0.25) is 5.91 Å². The molecule has 0 spiro atoms. The fraction of sp³-hybridized carbons (Fsp3) is 0.211. The van der Waals surface area contributed by atoms with Gasteiger partial charge < -0.3 is 9.88 Å². The lowest BCUT2D eigenvalue weighted by Crippen LogP contribution is -2.20. The van der Waals surface area contributed by atoms with E-state index in [2.05, 4.69) is 10.4 Å². The van der Waals surface area contributed by atoms with Crippen LogP contribution in [0.15, 0.2) is 42.5 Å². The predicted octanol–water partition coefficient (Wildman–Crippen LogP) is 5.35. The van der Waals surface area contributed by atoms with Crippen LogP contribution in [0.25, 0.3) is 11.4 Å². The van der Waals surface area contributed by atoms with E-state index in [1.165, 1.54) is 4.68 Å². The minimum atomic E-state index is -0.286. The summed E-state index contributed by atoms with van der Waals surface area (Å²) in [5, 5.41) is 8.21. The van der Waals surface area contributed by atoms with E-state index in [1.807, 2.05) is 42.7 Å². The van der Waals surface area contributed by atoms with Gasteiger partial charge >= 0.3 is 0 Å². The molecule has 0 radical (unpaired) electrons. The Labute approximate surface area is 172 Å². The second kappa shape index (κ2) is 8.25. The van der Waals surface area contributed by atoms with Crippen LogP contribution in [0.1, 0.15) is 12.5 Å². The molecular weight excluding hydrogens is 403 g/mol. The van der Waals surface area contributed by atoms with E-state index in [-0.39, 0.29) is 12.5 Å². The molecule has 0 saturated carbocycles. The molecule has 27 heavy (non-hydrogen) atoms. The molecule has 0 aliphatic rings. The number of rotatable bonds is 5. The van der Waals surface area contributed by atoms with Crippen molar-refractivity contribution in [1.29, 1.82) is 0 Å². The largest absolute Gasteiger partial charge is 0.323 e. The molecule has 0 saturated heterocycles. The maximum atomic E-state index is 12.5. The van der Waals surface area contributed by atoms with Gasteiger partial charge in [-0.3, -0.25) is 4.79 Å². The van der Waals surface area contributed by atoms with Crippen LogP contribution >= 0.6 is 35.4 Å². The first-order valence-electron chi connectivity index (χ1n) is 8.38. The highest BCUT2D eigenvalue weighted by Gasteiger charge is 2.15. The van der Waals surface area contributed by atoms with Crippen molar-refractivity contribution in [3.05, 3.63) is 62.8 Å². The summed E-state index contributed by atoms with van der Waals surface area (Å²) in [4.78, 5) is 12.5. The van der Waals surface area contributed by atoms with Gasteiger partial charge in [-0.05, 0) is 44.3 Å². The highest BCUT2D eigenvalue weighted by atomic mass is 35.5. The molecule has 0 fully saturated rings. The van der Waals surface area contributed by atoms with E-state index in [9.17, 15) is 4.79 Å². The molecule has 0 aliphatic carbocycles. The molecule has 1 N–H and O–H groups in total. The van der Waals surface area contributed by atoms with Crippen LogP contribution in [0.4, 0.5) is 5.69 Å². The van der Waals surface area contributed by atoms with E-state index >= 15 is 0 Å². The summed E-state index contributed by atoms with van der Waals surface area (Å²) in [6, 6.07) is 12.9. The zero-order valence-corrected chi connectivity index (χ0v) is 17.2. The fourth-order valence-corrected chi connectivity index (χ4v) is 3.32. The first-order chi connectivity index (χ1) is 12.9. The van der Waals surface area contributed by atoms with Crippen molar-refractivity contribution in [1.82, 2.24) is 14.3 Å². The molecule has 1 heterocycles. The normalized spacial score (nSPS) is 10.8. The van der Waals surface area contributed by atoms with Crippen LogP contribution in [0.3, 0.4) is 0 Å². The van der Waals surface area contributed by atoms with Crippen LogP contribution < -0.4 is 5.32 Å². The summed E-state index contributed by atoms with van der Waals surface area (Å²) in [6.45, 7) is 4.66. The molecule has 1 aromatic heterocycles. The van der Waals surface area contributed by atoms with Gasteiger partial charge in [0.05, 0.1) is 10.7 Å². The smallest absolute Gasteiger partial charge is 0.246 e. The number of benzene rings is 2. The molecule has 0 atom stereocenters. The maximum Gasteiger partial charge on any atom is 0.246 e. The third-order valence-electron chi connectivity index (χ3n) is 4.04. The Balaban J connectivity index is 1.87. The van der Waals surface area contributed by atoms with E-state index in [0.717, 1.165) is 17.0 Å². The molecule has 8 heteroatoms. The molecule has 1 amide bonds. The van der Waals surface area contributed by atoms with Crippen LogP contribution in [0, 0.1) is 11.7 Å². The van der Waals surface area contributed by atoms with Crippen molar-refractivity contribution in [2.75, 3.05) is 5.32 Å². The van der Waals surface area contributed by atoms with E-state index in [1.54, 1.807) is 18.2 Å². The molecule has 3 rings (SSSR count). The van der Waals surface area contributed by atoms with Crippen LogP contribution in [-0.4, -0.2) is 20.3 Å². The van der Waals surface area contributed by atoms with Crippen LogP contribution in [0.2, 0.25) is 10.0 Å². The Hall–Kier alpha value is -2.15. The number of halogens is 2. The number of aryl methyl sites for hydroxylation is 1. The summed E-state index contributed by atoms with van der Waals surface area (Å²) < 4.78 is 3.90. The summed E-state index contributed by atoms with van der Waals surface area (Å²) in [5.74, 6) is 0.447. The average Bonchev–Trinajstić information content (AvgIpc) is 2.94. The molecule has 0 bridgehead atoms. The standard InChI is InChI=1S/C19H18Cl2N4OS/c1-3-24-18(13-6-4-12(2)5-7-13)23-25(19(24)27)11-17(26)22-16-10-14(20)8-9-15(16)21/h4-10H,3,11H2,1-2H3,(H,22,26). The zero-order valence-electron chi connectivity index (χ0n) is 14.9. The molecule has 3 aromatic rings. The molecule has 2 aromatic carbocycles. The molecule has 140 valence electrons. The van der Waals surface area contributed by atoms with Gasteiger partial charge in [-0.2, -0.15) is 5.10 Å². The van der Waals surface area contributed by atoms with Gasteiger partial charge in [-0.1, -0.05) is 53.0 Å². The summed E-state index contributed by atoms with van der Waals surface area (Å²) >= 11 is 17.6. The molecule has 0 aliphatic heterocycles. The number of carbonyl (C=O) groups excluding carboxylic acids is 1. The van der Waals surface area contributed by atoms with Gasteiger partial charge in [0.1, 0.15) is 6.54 Å². The predicted molar refractivity (Wildman–Crippen MR) is 112 cm³/mol. The molecular formula is C19H18Cl2N4OS. The Morgan fingerprint density at radius 1 is 1.19 bits per heavy atom. The van der Waals surface area contributed by atoms with Gasteiger partial charge in [-0.25, -0.2) is 4.68 Å². The molecule has 5 nitrogen and oxygen atoms in total. The average molecular weight is 421 g/mol. The number of nitrogens with zero attached hydrogens (tertiary/aromatic N) is 3. The minimum Gasteiger partial charge on any atom is -0.323 e. The Morgan fingerprint density at radius 2 is 1.89 bits per heavy atom. The quantitative estimate of drug-likeness (QED) is 0.565. The first kappa shape index (κ1) is 19.6. The van der Waals surface area contributed by atoms with Crippen molar-refractivity contribution in [3.63, 3.8) is 0 Å². The number of hydrogen-bond donors (Lipinski definition) is 1. The van der Waals surface area contributed by atoms with Gasteiger partial charge in [0.15, 0.2) is 10.6 Å². The Bertz CT molecular complexity index is 1040. The number of amides is 1. The van der Waals surface area contributed by atoms with E-state index in [4.69, 9.17) is 35.4 Å². The third kappa shape index (κ3) is 4.40. The van der Waals surface area contributed by atoms with Crippen LogP contribution in [-0.2, 0) is 17.9 Å². The van der Waals surface area contributed by atoms with Gasteiger partial charge in [-0.15, -0.1) is 0 Å². The minimum absolute atomic E-state index is 0.0203. The summed E-state index contributed by atoms with van der Waals surface area (Å²) in [6.07, 6.45) is 0. The lowest BCUT2D eigenvalue weighted by atomic mass is 10.1. The Kier molecular flexibility index (Phi) is 5.99. The second-order valence-electron chi connectivity index (χ2n) is 6.05. The SMILES string of the molecule is CCn1c(-c2ccc(C)cc2)nn(CC(=O)Nc2cc(Cl)ccc2Cl)c1=S. The number of aromatic nitrogens is 3. The third-order valence-corrected chi connectivity index (χ3v) is 5.04. The van der Waals surface area contributed by atoms with Crippen molar-refractivity contribution in [3.8, 4) is 11.4 Å². The number of anilines is 1. The molecule has 0 unspecified atom stereocenters. The van der Waals surface area contributed by atoms with E-state index < -0.39 is 0 Å². The monoisotopic (exact) mass is 420 g/mol. The summed E-state index contributed by atoms with van der Waals surface area (Å²) in [5.41, 5.74) is 2.57. The van der Waals surface area contributed by atoms with Gasteiger partial charge in [0, 0.05) is 17.1 Å². The highest BCUT2D eigenvalue weighted by molar-refractivity contribution is 7.71. The zero-order chi connectivity index (χ0) is 19.6. The van der Waals surface area contributed by atoms with Gasteiger partial charge in [0.25, 0.3) is 0 Å². The van der Waals surface area contributed by atoms with Crippen molar-refractivity contribution < 1.29 is 4.79 Å². The topological polar surface area (TPSA) is 51.9 Å². The van der Waals surface area contributed by atoms with E-state index in [0.29, 0.717) is 27.0 Å². The first-order valence-corrected chi connectivity index (χ1v) is 9.55. The number of nitrogens with one attached hydrogen (secondary N) is 1.